The van der Waals surface area contributed by atoms with Crippen molar-refractivity contribution in [1.82, 2.24) is 0 Å². The first-order chi connectivity index (χ1) is 9.92. The van der Waals surface area contributed by atoms with Gasteiger partial charge in [-0.05, 0) is 18.6 Å². The van der Waals surface area contributed by atoms with Gasteiger partial charge in [0.2, 0.25) is 0 Å². The number of alkyl halides is 1. The van der Waals surface area contributed by atoms with Gasteiger partial charge >= 0.3 is 11.9 Å². The largest absolute Gasteiger partial charge is 0.479 e. The summed E-state index contributed by atoms with van der Waals surface area (Å²) in [5, 5.41) is 18.3. The fraction of sp³-hybridized carbons (Fsp3) is 0.357. The number of aliphatic hydroxyl groups excluding tert-OH is 1. The molecule has 0 heterocycles. The summed E-state index contributed by atoms with van der Waals surface area (Å²) in [6.07, 6.45) is -1.75. The zero-order chi connectivity index (χ0) is 16.0. The normalized spacial score (nSPS) is 11.8. The van der Waals surface area contributed by atoms with E-state index in [0.717, 1.165) is 6.07 Å². The molecule has 0 aliphatic heterocycles. The molecule has 1 unspecified atom stereocenters. The number of hydrogen-bond donors (Lipinski definition) is 2. The van der Waals surface area contributed by atoms with Crippen LogP contribution in [-0.4, -0.2) is 40.4 Å². The number of Topliss-reactive ketones (excluding diaryl/α,β-unsaturated/α-hetero) is 1. The summed E-state index contributed by atoms with van der Waals surface area (Å²) in [6, 6.07) is 3.73. The van der Waals surface area contributed by atoms with Crippen LogP contribution in [0.15, 0.2) is 18.2 Å². The number of carbonyl (C=O) groups is 3. The molecule has 2 N–H and O–H groups in total. The Morgan fingerprint density at radius 1 is 1.29 bits per heavy atom. The number of aliphatic hydroxyl groups is 1. The highest BCUT2D eigenvalue weighted by Crippen LogP contribution is 2.21. The summed E-state index contributed by atoms with van der Waals surface area (Å²) in [5.74, 6) is -2.47. The Balaban J connectivity index is 3.29. The van der Waals surface area contributed by atoms with E-state index in [1.165, 1.54) is 12.1 Å². The van der Waals surface area contributed by atoms with Gasteiger partial charge in [0.15, 0.2) is 11.9 Å². The topological polar surface area (TPSA) is 101 Å². The van der Waals surface area contributed by atoms with Crippen LogP contribution in [0.1, 0.15) is 45.7 Å². The van der Waals surface area contributed by atoms with E-state index in [1.54, 1.807) is 6.92 Å². The van der Waals surface area contributed by atoms with Crippen molar-refractivity contribution in [3.8, 4) is 0 Å². The van der Waals surface area contributed by atoms with Crippen LogP contribution < -0.4 is 0 Å². The molecule has 0 saturated heterocycles. The van der Waals surface area contributed by atoms with E-state index < -0.39 is 18.0 Å². The van der Waals surface area contributed by atoms with Crippen LogP contribution in [0.2, 0.25) is 0 Å². The monoisotopic (exact) mass is 314 g/mol. The van der Waals surface area contributed by atoms with Crippen molar-refractivity contribution in [2.24, 2.45) is 0 Å². The highest BCUT2D eigenvalue weighted by Gasteiger charge is 2.22. The Hall–Kier alpha value is -1.92. The number of halogens is 1. The van der Waals surface area contributed by atoms with Gasteiger partial charge < -0.3 is 14.9 Å². The average Bonchev–Trinajstić information content (AvgIpc) is 2.46. The molecule has 0 radical (unpaired) electrons. The highest BCUT2D eigenvalue weighted by atomic mass is 35.5. The van der Waals surface area contributed by atoms with E-state index in [1.807, 2.05) is 0 Å². The summed E-state index contributed by atoms with van der Waals surface area (Å²) in [6.45, 7) is 1.71. The molecule has 0 bridgehead atoms. The number of ketones is 1. The quantitative estimate of drug-likeness (QED) is 0.452. The van der Waals surface area contributed by atoms with E-state index in [0.29, 0.717) is 0 Å². The summed E-state index contributed by atoms with van der Waals surface area (Å²) in [4.78, 5) is 34.6. The van der Waals surface area contributed by atoms with E-state index >= 15 is 0 Å². The SMILES string of the molecule is CCOC(=O)c1cc(C(O)C(=O)O)ccc1C(=O)CCCl. The standard InChI is InChI=1S/C14H15ClO6/c1-2-21-14(20)10-7-8(12(17)13(18)19)3-4-9(10)11(16)5-6-15/h3-4,7,12,17H,2,5-6H2,1H3,(H,18,19). The lowest BCUT2D eigenvalue weighted by atomic mass is 9.97. The number of hydrogen-bond acceptors (Lipinski definition) is 5. The van der Waals surface area contributed by atoms with Crippen molar-refractivity contribution >= 4 is 29.3 Å². The third-order valence-corrected chi connectivity index (χ3v) is 2.90. The zero-order valence-corrected chi connectivity index (χ0v) is 12.1. The van der Waals surface area contributed by atoms with Crippen LogP contribution in [0.25, 0.3) is 0 Å². The summed E-state index contributed by atoms with van der Waals surface area (Å²) >= 11 is 5.51. The number of benzene rings is 1. The van der Waals surface area contributed by atoms with Crippen LogP contribution in [0.4, 0.5) is 0 Å². The smallest absolute Gasteiger partial charge is 0.338 e. The molecule has 0 aromatic heterocycles. The van der Waals surface area contributed by atoms with Gasteiger partial charge in [-0.15, -0.1) is 11.6 Å². The predicted molar refractivity (Wildman–Crippen MR) is 74.7 cm³/mol. The second-order valence-corrected chi connectivity index (χ2v) is 4.51. The molecular weight excluding hydrogens is 300 g/mol. The van der Waals surface area contributed by atoms with Gasteiger partial charge in [-0.25, -0.2) is 9.59 Å². The molecule has 1 rings (SSSR count). The molecule has 0 spiro atoms. The molecule has 0 aliphatic carbocycles. The third-order valence-electron chi connectivity index (χ3n) is 2.71. The van der Waals surface area contributed by atoms with Gasteiger partial charge in [0.05, 0.1) is 12.2 Å². The summed E-state index contributed by atoms with van der Waals surface area (Å²) in [5.41, 5.74) is 0.00758. The van der Waals surface area contributed by atoms with E-state index in [2.05, 4.69) is 0 Å². The number of rotatable bonds is 7. The Morgan fingerprint density at radius 2 is 1.95 bits per heavy atom. The van der Waals surface area contributed by atoms with Gasteiger partial charge in [-0.1, -0.05) is 12.1 Å². The molecule has 0 saturated carbocycles. The number of aliphatic carboxylic acids is 1. The minimum atomic E-state index is -1.78. The van der Waals surface area contributed by atoms with Crippen molar-refractivity contribution < 1.29 is 29.3 Å². The Bertz CT molecular complexity index is 554. The maximum atomic E-state index is 11.9. The van der Waals surface area contributed by atoms with Gasteiger partial charge in [0.1, 0.15) is 0 Å². The van der Waals surface area contributed by atoms with Gasteiger partial charge in [-0.2, -0.15) is 0 Å². The fourth-order valence-corrected chi connectivity index (χ4v) is 1.89. The summed E-state index contributed by atoms with van der Waals surface area (Å²) < 4.78 is 4.84. The molecule has 0 fully saturated rings. The highest BCUT2D eigenvalue weighted by molar-refractivity contribution is 6.20. The lowest BCUT2D eigenvalue weighted by Crippen LogP contribution is -2.16. The molecular formula is C14H15ClO6. The molecule has 6 nitrogen and oxygen atoms in total. The Labute approximate surface area is 126 Å². The zero-order valence-electron chi connectivity index (χ0n) is 11.3. The number of carbonyl (C=O) groups excluding carboxylic acids is 2. The van der Waals surface area contributed by atoms with Crippen LogP contribution in [0, 0.1) is 0 Å². The van der Waals surface area contributed by atoms with Gasteiger partial charge in [0, 0.05) is 17.9 Å². The molecule has 1 atom stereocenters. The van der Waals surface area contributed by atoms with Crippen molar-refractivity contribution in [2.75, 3.05) is 12.5 Å². The van der Waals surface area contributed by atoms with Crippen molar-refractivity contribution in [3.05, 3.63) is 34.9 Å². The molecule has 1 aromatic rings. The van der Waals surface area contributed by atoms with Crippen molar-refractivity contribution in [1.29, 1.82) is 0 Å². The van der Waals surface area contributed by atoms with Crippen molar-refractivity contribution in [3.63, 3.8) is 0 Å². The van der Waals surface area contributed by atoms with Crippen molar-refractivity contribution in [2.45, 2.75) is 19.4 Å². The third kappa shape index (κ3) is 4.27. The molecule has 1 aromatic carbocycles. The summed E-state index contributed by atoms with van der Waals surface area (Å²) in [7, 11) is 0. The molecule has 7 heteroatoms. The number of carboxylic acid groups (broad SMARTS) is 1. The van der Waals surface area contributed by atoms with Crippen LogP contribution in [-0.2, 0) is 9.53 Å². The minimum Gasteiger partial charge on any atom is -0.479 e. The second kappa shape index (κ2) is 7.75. The van der Waals surface area contributed by atoms with E-state index in [4.69, 9.17) is 21.4 Å². The molecule has 114 valence electrons. The van der Waals surface area contributed by atoms with Crippen LogP contribution in [0.5, 0.6) is 0 Å². The number of ether oxygens (including phenoxy) is 1. The van der Waals surface area contributed by atoms with Crippen LogP contribution in [0.3, 0.4) is 0 Å². The van der Waals surface area contributed by atoms with Gasteiger partial charge in [0.25, 0.3) is 0 Å². The maximum Gasteiger partial charge on any atom is 0.338 e. The first kappa shape index (κ1) is 17.1. The first-order valence-electron chi connectivity index (χ1n) is 6.23. The number of carboxylic acids is 1. The molecule has 0 aliphatic rings. The van der Waals surface area contributed by atoms with E-state index in [-0.39, 0.29) is 41.4 Å². The van der Waals surface area contributed by atoms with Gasteiger partial charge in [-0.3, -0.25) is 4.79 Å². The Kier molecular flexibility index (Phi) is 6.33. The minimum absolute atomic E-state index is 0.00650. The number of esters is 1. The Morgan fingerprint density at radius 3 is 2.48 bits per heavy atom. The maximum absolute atomic E-state index is 11.9. The fourth-order valence-electron chi connectivity index (χ4n) is 1.72. The lowest BCUT2D eigenvalue weighted by Gasteiger charge is -2.12. The first-order valence-corrected chi connectivity index (χ1v) is 6.76. The van der Waals surface area contributed by atoms with Crippen LogP contribution >= 0.6 is 11.6 Å². The predicted octanol–water partition coefficient (Wildman–Crippen LogP) is 1.79. The lowest BCUT2D eigenvalue weighted by molar-refractivity contribution is -0.146. The molecule has 0 amide bonds. The average molecular weight is 315 g/mol. The molecule has 21 heavy (non-hydrogen) atoms. The second-order valence-electron chi connectivity index (χ2n) is 4.13. The van der Waals surface area contributed by atoms with E-state index in [9.17, 15) is 19.5 Å².